The first-order valence-corrected chi connectivity index (χ1v) is 7.89. The Morgan fingerprint density at radius 1 is 1.33 bits per heavy atom. The topological polar surface area (TPSA) is 105 Å². The van der Waals surface area contributed by atoms with Crippen LogP contribution in [0.5, 0.6) is 0 Å². The molecular formula is C15H18N8O. The number of rotatable bonds is 3. The Labute approximate surface area is 137 Å². The van der Waals surface area contributed by atoms with Gasteiger partial charge in [0.25, 0.3) is 5.56 Å². The number of aryl methyl sites for hydroxylation is 1. The van der Waals surface area contributed by atoms with Crippen molar-refractivity contribution in [2.24, 2.45) is 7.05 Å². The van der Waals surface area contributed by atoms with Crippen molar-refractivity contribution < 1.29 is 0 Å². The number of hydrogen-bond donors (Lipinski definition) is 2. The molecule has 9 heteroatoms. The molecule has 4 rings (SSSR count). The second-order valence-electron chi connectivity index (χ2n) is 5.95. The predicted molar refractivity (Wildman–Crippen MR) is 90.0 cm³/mol. The summed E-state index contributed by atoms with van der Waals surface area (Å²) in [4.78, 5) is 27.1. The third-order valence-electron chi connectivity index (χ3n) is 4.31. The molecule has 2 N–H and O–H groups in total. The highest BCUT2D eigenvalue weighted by Gasteiger charge is 2.23. The van der Waals surface area contributed by atoms with Gasteiger partial charge in [0.1, 0.15) is 12.1 Å². The fraction of sp³-hybridized carbons (Fsp3) is 0.400. The van der Waals surface area contributed by atoms with Crippen molar-refractivity contribution in [1.29, 1.82) is 0 Å². The van der Waals surface area contributed by atoms with Crippen LogP contribution in [0.2, 0.25) is 0 Å². The highest BCUT2D eigenvalue weighted by Crippen LogP contribution is 2.21. The SMILES string of the molecule is Cn1ccnc(N2CCCC(Nc3ncnc4[nH]ncc34)C2)c1=O. The molecule has 3 aromatic rings. The van der Waals surface area contributed by atoms with Gasteiger partial charge in [0, 0.05) is 38.6 Å². The van der Waals surface area contributed by atoms with Gasteiger partial charge in [-0.1, -0.05) is 0 Å². The van der Waals surface area contributed by atoms with E-state index < -0.39 is 0 Å². The lowest BCUT2D eigenvalue weighted by molar-refractivity contribution is 0.523. The fourth-order valence-corrected chi connectivity index (χ4v) is 3.06. The van der Waals surface area contributed by atoms with E-state index in [1.807, 2.05) is 4.90 Å². The minimum Gasteiger partial charge on any atom is -0.365 e. The summed E-state index contributed by atoms with van der Waals surface area (Å²) in [6, 6.07) is 0.179. The Morgan fingerprint density at radius 2 is 2.25 bits per heavy atom. The van der Waals surface area contributed by atoms with Crippen molar-refractivity contribution in [3.05, 3.63) is 35.3 Å². The van der Waals surface area contributed by atoms with E-state index in [0.29, 0.717) is 18.0 Å². The van der Waals surface area contributed by atoms with Gasteiger partial charge < -0.3 is 14.8 Å². The summed E-state index contributed by atoms with van der Waals surface area (Å²) in [5.74, 6) is 1.26. The zero-order valence-electron chi connectivity index (χ0n) is 13.3. The summed E-state index contributed by atoms with van der Waals surface area (Å²) in [7, 11) is 1.74. The first kappa shape index (κ1) is 14.6. The quantitative estimate of drug-likeness (QED) is 0.723. The summed E-state index contributed by atoms with van der Waals surface area (Å²) in [5, 5.41) is 11.2. The molecule has 0 saturated carbocycles. The summed E-state index contributed by atoms with van der Waals surface area (Å²) in [6.07, 6.45) is 8.55. The predicted octanol–water partition coefficient (Wildman–Crippen LogP) is 0.527. The Balaban J connectivity index is 1.56. The van der Waals surface area contributed by atoms with Crippen LogP contribution in [0.15, 0.2) is 29.7 Å². The average Bonchev–Trinajstić information content (AvgIpc) is 3.07. The molecule has 124 valence electrons. The fourth-order valence-electron chi connectivity index (χ4n) is 3.06. The van der Waals surface area contributed by atoms with Crippen LogP contribution in [-0.2, 0) is 7.05 Å². The number of H-pyrrole nitrogens is 1. The number of nitrogens with one attached hydrogen (secondary N) is 2. The molecule has 1 aliphatic rings. The van der Waals surface area contributed by atoms with Gasteiger partial charge in [-0.05, 0) is 12.8 Å². The number of aromatic amines is 1. The van der Waals surface area contributed by atoms with Crippen LogP contribution in [0.3, 0.4) is 0 Å². The molecule has 0 radical (unpaired) electrons. The minimum absolute atomic E-state index is 0.0718. The van der Waals surface area contributed by atoms with Crippen molar-refractivity contribution in [2.45, 2.75) is 18.9 Å². The molecule has 1 fully saturated rings. The van der Waals surface area contributed by atoms with E-state index >= 15 is 0 Å². The van der Waals surface area contributed by atoms with E-state index in [1.54, 1.807) is 30.2 Å². The Kier molecular flexibility index (Phi) is 3.60. The maximum atomic E-state index is 12.3. The van der Waals surface area contributed by atoms with E-state index in [0.717, 1.165) is 30.6 Å². The molecule has 24 heavy (non-hydrogen) atoms. The zero-order chi connectivity index (χ0) is 16.5. The third-order valence-corrected chi connectivity index (χ3v) is 4.31. The monoisotopic (exact) mass is 326 g/mol. The molecule has 0 spiro atoms. The highest BCUT2D eigenvalue weighted by molar-refractivity contribution is 5.85. The first-order chi connectivity index (χ1) is 11.7. The van der Waals surface area contributed by atoms with Gasteiger partial charge in [0.05, 0.1) is 11.6 Å². The van der Waals surface area contributed by atoms with Gasteiger partial charge >= 0.3 is 0 Å². The van der Waals surface area contributed by atoms with Crippen LogP contribution < -0.4 is 15.8 Å². The van der Waals surface area contributed by atoms with Crippen LogP contribution >= 0.6 is 0 Å². The number of fused-ring (bicyclic) bond motifs is 1. The maximum Gasteiger partial charge on any atom is 0.293 e. The minimum atomic E-state index is -0.0718. The standard InChI is InChI=1S/C15H18N8O/c1-22-6-4-16-14(15(22)24)23-5-2-3-10(8-23)20-12-11-7-19-21-13(11)18-9-17-12/h4,6-7,9-10H,2-3,5,8H2,1H3,(H2,17,18,19,20,21). The molecule has 3 aromatic heterocycles. The van der Waals surface area contributed by atoms with E-state index in [4.69, 9.17) is 0 Å². The summed E-state index contributed by atoms with van der Waals surface area (Å²) < 4.78 is 1.55. The van der Waals surface area contributed by atoms with E-state index in [2.05, 4.69) is 30.5 Å². The lowest BCUT2D eigenvalue weighted by Gasteiger charge is -2.33. The van der Waals surface area contributed by atoms with Crippen LogP contribution in [0.25, 0.3) is 11.0 Å². The van der Waals surface area contributed by atoms with Crippen molar-refractivity contribution in [3.63, 3.8) is 0 Å². The second kappa shape index (κ2) is 5.91. The zero-order valence-corrected chi connectivity index (χ0v) is 13.3. The lowest BCUT2D eigenvalue weighted by atomic mass is 10.1. The second-order valence-corrected chi connectivity index (χ2v) is 5.95. The molecule has 4 heterocycles. The summed E-state index contributed by atoms with van der Waals surface area (Å²) >= 11 is 0. The summed E-state index contributed by atoms with van der Waals surface area (Å²) in [5.41, 5.74) is 0.635. The third kappa shape index (κ3) is 2.57. The molecular weight excluding hydrogens is 308 g/mol. The van der Waals surface area contributed by atoms with Gasteiger partial charge in [0.15, 0.2) is 11.5 Å². The van der Waals surface area contributed by atoms with Crippen molar-refractivity contribution >= 4 is 22.7 Å². The smallest absolute Gasteiger partial charge is 0.293 e. The number of aromatic nitrogens is 6. The van der Waals surface area contributed by atoms with E-state index in [1.165, 1.54) is 6.33 Å². The van der Waals surface area contributed by atoms with Gasteiger partial charge in [-0.3, -0.25) is 9.89 Å². The molecule has 0 amide bonds. The molecule has 1 aliphatic heterocycles. The Morgan fingerprint density at radius 3 is 3.17 bits per heavy atom. The number of piperidine rings is 1. The van der Waals surface area contributed by atoms with Crippen LogP contribution in [0, 0.1) is 0 Å². The van der Waals surface area contributed by atoms with E-state index in [-0.39, 0.29) is 11.6 Å². The van der Waals surface area contributed by atoms with Gasteiger partial charge in [-0.15, -0.1) is 0 Å². The van der Waals surface area contributed by atoms with Crippen LogP contribution in [0.4, 0.5) is 11.6 Å². The highest BCUT2D eigenvalue weighted by atomic mass is 16.1. The first-order valence-electron chi connectivity index (χ1n) is 7.89. The van der Waals surface area contributed by atoms with Crippen molar-refractivity contribution in [2.75, 3.05) is 23.3 Å². The molecule has 1 atom stereocenters. The Hall–Kier alpha value is -2.97. The van der Waals surface area contributed by atoms with E-state index in [9.17, 15) is 4.79 Å². The normalized spacial score (nSPS) is 18.0. The van der Waals surface area contributed by atoms with Crippen molar-refractivity contribution in [3.8, 4) is 0 Å². The molecule has 0 aliphatic carbocycles. The van der Waals surface area contributed by atoms with Crippen LogP contribution in [0.1, 0.15) is 12.8 Å². The van der Waals surface area contributed by atoms with Crippen molar-refractivity contribution in [1.82, 2.24) is 29.7 Å². The molecule has 0 bridgehead atoms. The molecule has 9 nitrogen and oxygen atoms in total. The lowest BCUT2D eigenvalue weighted by Crippen LogP contribution is -2.45. The van der Waals surface area contributed by atoms with Gasteiger partial charge in [-0.25, -0.2) is 15.0 Å². The van der Waals surface area contributed by atoms with Crippen LogP contribution in [-0.4, -0.2) is 48.8 Å². The molecule has 1 saturated heterocycles. The Bertz CT molecular complexity index is 917. The maximum absolute atomic E-state index is 12.3. The van der Waals surface area contributed by atoms with Gasteiger partial charge in [-0.2, -0.15) is 5.10 Å². The molecule has 0 aromatic carbocycles. The number of nitrogens with zero attached hydrogens (tertiary/aromatic N) is 6. The number of anilines is 2. The van der Waals surface area contributed by atoms with Gasteiger partial charge in [0.2, 0.25) is 0 Å². The molecule has 1 unspecified atom stereocenters. The largest absolute Gasteiger partial charge is 0.365 e. The average molecular weight is 326 g/mol. The number of hydrogen-bond acceptors (Lipinski definition) is 7. The summed E-state index contributed by atoms with van der Waals surface area (Å²) in [6.45, 7) is 1.53.